The first-order valence-corrected chi connectivity index (χ1v) is 8.47. The van der Waals surface area contributed by atoms with Gasteiger partial charge in [0.05, 0.1) is 5.69 Å². The van der Waals surface area contributed by atoms with Crippen LogP contribution in [0.25, 0.3) is 0 Å². The average Bonchev–Trinajstić information content (AvgIpc) is 2.52. The third-order valence-corrected chi connectivity index (χ3v) is 4.11. The summed E-state index contributed by atoms with van der Waals surface area (Å²) in [4.78, 5) is 18.3. The molecule has 128 valence electrons. The molecule has 0 aliphatic carbocycles. The van der Waals surface area contributed by atoms with Crippen LogP contribution in [0, 0.1) is 5.92 Å². The molecule has 2 rings (SSSR count). The molecule has 1 aromatic rings. The number of nitrogens with zero attached hydrogens (tertiary/aromatic N) is 2. The van der Waals surface area contributed by atoms with Gasteiger partial charge in [-0.2, -0.15) is 0 Å². The van der Waals surface area contributed by atoms with Gasteiger partial charge in [0.1, 0.15) is 5.60 Å². The zero-order valence-electron chi connectivity index (χ0n) is 14.7. The Bertz CT molecular complexity index is 491. The second-order valence-corrected chi connectivity index (χ2v) is 7.30. The lowest BCUT2D eigenvalue weighted by Crippen LogP contribution is -2.43. The van der Waals surface area contributed by atoms with Crippen molar-refractivity contribution >= 4 is 6.09 Å². The number of hydrogen-bond donors (Lipinski definition) is 1. The molecule has 2 heterocycles. The second-order valence-electron chi connectivity index (χ2n) is 7.30. The zero-order valence-corrected chi connectivity index (χ0v) is 14.7. The Hall–Kier alpha value is -1.62. The molecule has 1 N–H and O–H groups in total. The van der Waals surface area contributed by atoms with Crippen molar-refractivity contribution in [1.82, 2.24) is 15.2 Å². The van der Waals surface area contributed by atoms with Gasteiger partial charge in [-0.05, 0) is 65.1 Å². The molecule has 0 saturated carbocycles. The van der Waals surface area contributed by atoms with Crippen molar-refractivity contribution < 1.29 is 9.53 Å². The summed E-state index contributed by atoms with van der Waals surface area (Å²) in [6.07, 6.45) is 3.67. The van der Waals surface area contributed by atoms with Crippen molar-refractivity contribution in [3.8, 4) is 0 Å². The maximum Gasteiger partial charge on any atom is 0.410 e. The molecule has 1 fully saturated rings. The lowest BCUT2D eigenvalue weighted by molar-refractivity contribution is 0.0183. The van der Waals surface area contributed by atoms with Crippen LogP contribution in [-0.4, -0.2) is 41.2 Å². The monoisotopic (exact) mass is 319 g/mol. The van der Waals surface area contributed by atoms with E-state index < -0.39 is 5.60 Å². The molecule has 1 unspecified atom stereocenters. The van der Waals surface area contributed by atoms with Crippen LogP contribution in [0.2, 0.25) is 0 Å². The smallest absolute Gasteiger partial charge is 0.410 e. The highest BCUT2D eigenvalue weighted by atomic mass is 16.6. The first-order chi connectivity index (χ1) is 10.8. The molecule has 0 radical (unpaired) electrons. The average molecular weight is 319 g/mol. The van der Waals surface area contributed by atoms with Crippen LogP contribution in [0.1, 0.15) is 52.3 Å². The van der Waals surface area contributed by atoms with E-state index in [1.54, 1.807) is 0 Å². The summed E-state index contributed by atoms with van der Waals surface area (Å²) in [5, 5.41) is 3.55. The first kappa shape index (κ1) is 17.7. The van der Waals surface area contributed by atoms with E-state index in [9.17, 15) is 4.79 Å². The van der Waals surface area contributed by atoms with Gasteiger partial charge in [-0.3, -0.25) is 4.98 Å². The van der Waals surface area contributed by atoms with Gasteiger partial charge in [0, 0.05) is 25.3 Å². The molecular weight excluding hydrogens is 290 g/mol. The van der Waals surface area contributed by atoms with Gasteiger partial charge in [0.15, 0.2) is 0 Å². The summed E-state index contributed by atoms with van der Waals surface area (Å²) >= 11 is 0. The van der Waals surface area contributed by atoms with Crippen LogP contribution < -0.4 is 5.32 Å². The van der Waals surface area contributed by atoms with Crippen LogP contribution in [0.4, 0.5) is 4.79 Å². The van der Waals surface area contributed by atoms with Crippen molar-refractivity contribution in [3.05, 3.63) is 30.1 Å². The molecule has 1 aromatic heterocycles. The normalized spacial score (nSPS) is 17.8. The number of amides is 1. The van der Waals surface area contributed by atoms with Crippen molar-refractivity contribution in [1.29, 1.82) is 0 Å². The standard InChI is InChI=1S/C18H29N3O2/c1-14(16-7-5-6-10-19-16)20-13-15-8-11-21(12-9-15)17(22)23-18(2,3)4/h5-7,10,14-15,20H,8-9,11-13H2,1-4H3. The molecule has 0 spiro atoms. The van der Waals surface area contributed by atoms with Crippen LogP contribution in [0.5, 0.6) is 0 Å². The summed E-state index contributed by atoms with van der Waals surface area (Å²) in [6, 6.07) is 6.24. The van der Waals surface area contributed by atoms with Gasteiger partial charge in [-0.25, -0.2) is 4.79 Å². The Kier molecular flexibility index (Phi) is 5.99. The van der Waals surface area contributed by atoms with E-state index in [1.807, 2.05) is 50.1 Å². The second kappa shape index (κ2) is 7.77. The Balaban J connectivity index is 1.72. The fourth-order valence-corrected chi connectivity index (χ4v) is 2.73. The van der Waals surface area contributed by atoms with Crippen LogP contribution in [0.3, 0.4) is 0 Å². The number of carbonyl (C=O) groups is 1. The third-order valence-electron chi connectivity index (χ3n) is 4.11. The van der Waals surface area contributed by atoms with Gasteiger partial charge in [-0.1, -0.05) is 6.07 Å². The highest BCUT2D eigenvalue weighted by molar-refractivity contribution is 5.68. The Labute approximate surface area is 139 Å². The van der Waals surface area contributed by atoms with Gasteiger partial charge in [0.2, 0.25) is 0 Å². The molecular formula is C18H29N3O2. The number of carbonyl (C=O) groups excluding carboxylic acids is 1. The molecule has 1 saturated heterocycles. The SMILES string of the molecule is CC(NCC1CCN(C(=O)OC(C)(C)C)CC1)c1ccccn1. The Morgan fingerprint density at radius 1 is 1.39 bits per heavy atom. The van der Waals surface area contributed by atoms with Crippen molar-refractivity contribution in [2.24, 2.45) is 5.92 Å². The zero-order chi connectivity index (χ0) is 16.9. The number of ether oxygens (including phenoxy) is 1. The summed E-state index contributed by atoms with van der Waals surface area (Å²) in [5.74, 6) is 0.597. The van der Waals surface area contributed by atoms with Crippen LogP contribution in [-0.2, 0) is 4.74 Å². The number of hydrogen-bond acceptors (Lipinski definition) is 4. The largest absolute Gasteiger partial charge is 0.444 e. The van der Waals surface area contributed by atoms with E-state index in [0.29, 0.717) is 5.92 Å². The fraction of sp³-hybridized carbons (Fsp3) is 0.667. The maximum atomic E-state index is 12.1. The van der Waals surface area contributed by atoms with Crippen molar-refractivity contribution in [2.75, 3.05) is 19.6 Å². The van der Waals surface area contributed by atoms with Crippen molar-refractivity contribution in [3.63, 3.8) is 0 Å². The van der Waals surface area contributed by atoms with Crippen LogP contribution >= 0.6 is 0 Å². The van der Waals surface area contributed by atoms with Crippen molar-refractivity contribution in [2.45, 2.75) is 52.2 Å². The molecule has 0 aromatic carbocycles. The molecule has 1 aliphatic rings. The summed E-state index contributed by atoms with van der Waals surface area (Å²) in [5.41, 5.74) is 0.645. The number of likely N-dealkylation sites (tertiary alicyclic amines) is 1. The Morgan fingerprint density at radius 3 is 2.65 bits per heavy atom. The van der Waals surface area contributed by atoms with Gasteiger partial charge < -0.3 is 15.0 Å². The highest BCUT2D eigenvalue weighted by Crippen LogP contribution is 2.20. The molecule has 5 heteroatoms. The number of rotatable bonds is 4. The minimum Gasteiger partial charge on any atom is -0.444 e. The highest BCUT2D eigenvalue weighted by Gasteiger charge is 2.26. The lowest BCUT2D eigenvalue weighted by Gasteiger charge is -2.33. The fourth-order valence-electron chi connectivity index (χ4n) is 2.73. The summed E-state index contributed by atoms with van der Waals surface area (Å²) < 4.78 is 5.43. The van der Waals surface area contributed by atoms with Gasteiger partial charge in [0.25, 0.3) is 0 Å². The van der Waals surface area contributed by atoms with E-state index in [0.717, 1.165) is 38.2 Å². The first-order valence-electron chi connectivity index (χ1n) is 8.47. The molecule has 1 aliphatic heterocycles. The Morgan fingerprint density at radius 2 is 2.09 bits per heavy atom. The van der Waals surface area contributed by atoms with Gasteiger partial charge >= 0.3 is 6.09 Å². The molecule has 0 bridgehead atoms. The van der Waals surface area contributed by atoms with E-state index in [2.05, 4.69) is 17.2 Å². The lowest BCUT2D eigenvalue weighted by atomic mass is 9.96. The molecule has 1 amide bonds. The third kappa shape index (κ3) is 5.82. The van der Waals surface area contributed by atoms with E-state index >= 15 is 0 Å². The minimum atomic E-state index is -0.423. The van der Waals surface area contributed by atoms with E-state index in [4.69, 9.17) is 4.74 Å². The molecule has 23 heavy (non-hydrogen) atoms. The number of nitrogens with one attached hydrogen (secondary N) is 1. The maximum absolute atomic E-state index is 12.1. The topological polar surface area (TPSA) is 54.5 Å². The predicted molar refractivity (Wildman–Crippen MR) is 91.2 cm³/mol. The summed E-state index contributed by atoms with van der Waals surface area (Å²) in [7, 11) is 0. The molecule has 5 nitrogen and oxygen atoms in total. The number of piperidine rings is 1. The summed E-state index contributed by atoms with van der Waals surface area (Å²) in [6.45, 7) is 10.4. The molecule has 1 atom stereocenters. The van der Waals surface area contributed by atoms with E-state index in [-0.39, 0.29) is 12.1 Å². The number of pyridine rings is 1. The van der Waals surface area contributed by atoms with Crippen LogP contribution in [0.15, 0.2) is 24.4 Å². The van der Waals surface area contributed by atoms with Gasteiger partial charge in [-0.15, -0.1) is 0 Å². The quantitative estimate of drug-likeness (QED) is 0.924. The number of aromatic nitrogens is 1. The van der Waals surface area contributed by atoms with E-state index in [1.165, 1.54) is 0 Å². The minimum absolute atomic E-state index is 0.189. The predicted octanol–water partition coefficient (Wildman–Crippen LogP) is 3.38.